The topological polar surface area (TPSA) is 90.8 Å². The van der Waals surface area contributed by atoms with E-state index in [1.165, 1.54) is 12.3 Å². The van der Waals surface area contributed by atoms with Gasteiger partial charge in [0.15, 0.2) is 0 Å². The highest BCUT2D eigenvalue weighted by Gasteiger charge is 2.10. The van der Waals surface area contributed by atoms with E-state index in [9.17, 15) is 14.7 Å². The Kier molecular flexibility index (Phi) is 6.51. The second-order valence-corrected chi connectivity index (χ2v) is 6.47. The molecule has 3 N–H and O–H groups in total. The number of aromatic hydroxyl groups is 1. The number of carbonyl (C=O) groups excluding carboxylic acids is 2. The number of rotatable bonds is 5. The summed E-state index contributed by atoms with van der Waals surface area (Å²) in [5.74, 6) is -0.993. The van der Waals surface area contributed by atoms with Crippen LogP contribution in [0.3, 0.4) is 0 Å². The molecule has 0 saturated heterocycles. The summed E-state index contributed by atoms with van der Waals surface area (Å²) in [6.45, 7) is 0. The number of phenolic OH excluding ortho intramolecular Hbond substituents is 1. The second-order valence-electron chi connectivity index (χ2n) is 4.70. The van der Waals surface area contributed by atoms with Crippen molar-refractivity contribution in [2.24, 2.45) is 5.10 Å². The fourth-order valence-electron chi connectivity index (χ4n) is 1.74. The first-order valence-electron chi connectivity index (χ1n) is 6.80. The van der Waals surface area contributed by atoms with Crippen LogP contribution >= 0.6 is 31.9 Å². The van der Waals surface area contributed by atoms with Gasteiger partial charge in [-0.1, -0.05) is 28.1 Å². The van der Waals surface area contributed by atoms with E-state index in [1.54, 1.807) is 30.3 Å². The minimum atomic E-state index is -0.565. The molecule has 0 bridgehead atoms. The third-order valence-corrected chi connectivity index (χ3v) is 4.04. The van der Waals surface area contributed by atoms with E-state index in [0.717, 1.165) is 8.95 Å². The van der Waals surface area contributed by atoms with Crippen LogP contribution in [0.2, 0.25) is 0 Å². The highest BCUT2D eigenvalue weighted by atomic mass is 79.9. The summed E-state index contributed by atoms with van der Waals surface area (Å²) < 4.78 is 1.49. The van der Waals surface area contributed by atoms with E-state index in [1.807, 2.05) is 6.07 Å². The minimum Gasteiger partial charge on any atom is -0.507 e. The average Bonchev–Trinajstić information content (AvgIpc) is 2.53. The van der Waals surface area contributed by atoms with Crippen molar-refractivity contribution in [2.45, 2.75) is 6.42 Å². The van der Waals surface area contributed by atoms with Crippen LogP contribution in [0, 0.1) is 0 Å². The summed E-state index contributed by atoms with van der Waals surface area (Å²) >= 11 is 6.58. The Balaban J connectivity index is 1.87. The molecule has 0 aliphatic heterocycles. The fourth-order valence-corrected chi connectivity index (χ4v) is 2.51. The number of nitrogens with zero attached hydrogens (tertiary/aromatic N) is 1. The zero-order valence-electron chi connectivity index (χ0n) is 12.3. The monoisotopic (exact) mass is 453 g/mol. The van der Waals surface area contributed by atoms with Crippen LogP contribution in [-0.2, 0) is 9.59 Å². The molecule has 0 aliphatic carbocycles. The number of phenols is 1. The van der Waals surface area contributed by atoms with Crippen LogP contribution < -0.4 is 10.7 Å². The zero-order valence-corrected chi connectivity index (χ0v) is 15.5. The predicted molar refractivity (Wildman–Crippen MR) is 98.9 cm³/mol. The number of hydrogen-bond donors (Lipinski definition) is 3. The molecule has 2 aromatic rings. The van der Waals surface area contributed by atoms with E-state index in [-0.39, 0.29) is 12.2 Å². The van der Waals surface area contributed by atoms with E-state index in [0.29, 0.717) is 11.3 Å². The van der Waals surface area contributed by atoms with Gasteiger partial charge in [0.2, 0.25) is 11.8 Å². The van der Waals surface area contributed by atoms with Crippen LogP contribution in [0.15, 0.2) is 56.5 Å². The van der Waals surface area contributed by atoms with Gasteiger partial charge in [-0.05, 0) is 46.3 Å². The van der Waals surface area contributed by atoms with E-state index in [2.05, 4.69) is 47.7 Å². The lowest BCUT2D eigenvalue weighted by Crippen LogP contribution is -2.24. The van der Waals surface area contributed by atoms with Crippen LogP contribution in [0.5, 0.6) is 5.75 Å². The first kappa shape index (κ1) is 18.2. The molecule has 2 amide bonds. The maximum atomic E-state index is 11.8. The van der Waals surface area contributed by atoms with Crippen molar-refractivity contribution in [1.82, 2.24) is 5.43 Å². The molecule has 8 heteroatoms. The van der Waals surface area contributed by atoms with E-state index >= 15 is 0 Å². The molecule has 0 atom stereocenters. The minimum absolute atomic E-state index is 0.0304. The number of carbonyl (C=O) groups is 2. The molecule has 0 fully saturated rings. The number of para-hydroxylation sites is 1. The van der Waals surface area contributed by atoms with Crippen molar-refractivity contribution < 1.29 is 14.7 Å². The SMILES string of the molecule is O=C(CC(=O)Nc1ccccc1Br)NN=Cc1cc(Br)ccc1O. The van der Waals surface area contributed by atoms with Gasteiger partial charge >= 0.3 is 0 Å². The molecule has 6 nitrogen and oxygen atoms in total. The van der Waals surface area contributed by atoms with Gasteiger partial charge in [-0.3, -0.25) is 9.59 Å². The van der Waals surface area contributed by atoms with Crippen molar-refractivity contribution in [3.63, 3.8) is 0 Å². The molecule has 2 rings (SSSR count). The molecule has 0 aromatic heterocycles. The summed E-state index contributed by atoms with van der Waals surface area (Å²) in [6.07, 6.45) is 0.923. The van der Waals surface area contributed by atoms with Crippen molar-refractivity contribution >= 4 is 55.6 Å². The normalized spacial score (nSPS) is 10.6. The van der Waals surface area contributed by atoms with Crippen molar-refractivity contribution in [2.75, 3.05) is 5.32 Å². The molecule has 0 aliphatic rings. The third kappa shape index (κ3) is 5.47. The Hall–Kier alpha value is -2.19. The lowest BCUT2D eigenvalue weighted by molar-refractivity contribution is -0.126. The summed E-state index contributed by atoms with van der Waals surface area (Å²) in [4.78, 5) is 23.5. The number of hydrogen-bond acceptors (Lipinski definition) is 4. The van der Waals surface area contributed by atoms with E-state index < -0.39 is 11.8 Å². The van der Waals surface area contributed by atoms with Gasteiger partial charge in [-0.2, -0.15) is 5.10 Å². The maximum Gasteiger partial charge on any atom is 0.249 e. The highest BCUT2D eigenvalue weighted by molar-refractivity contribution is 9.10. The standard InChI is InChI=1S/C16H13Br2N3O3/c17-11-5-6-14(22)10(7-11)9-19-21-16(24)8-15(23)20-13-4-2-1-3-12(13)18/h1-7,9,22H,8H2,(H,20,23)(H,21,24). The lowest BCUT2D eigenvalue weighted by Gasteiger charge is -2.06. The lowest BCUT2D eigenvalue weighted by atomic mass is 10.2. The molecule has 0 saturated carbocycles. The first-order chi connectivity index (χ1) is 11.5. The molecule has 0 heterocycles. The predicted octanol–water partition coefficient (Wildman–Crippen LogP) is 3.40. The van der Waals surface area contributed by atoms with Gasteiger partial charge in [0, 0.05) is 14.5 Å². The fraction of sp³-hybridized carbons (Fsp3) is 0.0625. The average molecular weight is 455 g/mol. The van der Waals surface area contributed by atoms with Gasteiger partial charge in [0.05, 0.1) is 11.9 Å². The number of anilines is 1. The van der Waals surface area contributed by atoms with Gasteiger partial charge in [0.25, 0.3) is 0 Å². The Morgan fingerprint density at radius 1 is 1.12 bits per heavy atom. The number of benzene rings is 2. The third-order valence-electron chi connectivity index (χ3n) is 2.85. The van der Waals surface area contributed by atoms with Crippen LogP contribution in [0.25, 0.3) is 0 Å². The largest absolute Gasteiger partial charge is 0.507 e. The van der Waals surface area contributed by atoms with Crippen molar-refractivity contribution in [3.8, 4) is 5.75 Å². The second kappa shape index (κ2) is 8.60. The van der Waals surface area contributed by atoms with Crippen molar-refractivity contribution in [1.29, 1.82) is 0 Å². The van der Waals surface area contributed by atoms with Crippen LogP contribution in [-0.4, -0.2) is 23.1 Å². The Bertz CT molecular complexity index is 794. The van der Waals surface area contributed by atoms with Crippen LogP contribution in [0.1, 0.15) is 12.0 Å². The molecule has 0 radical (unpaired) electrons. The Labute approximate surface area is 155 Å². The zero-order chi connectivity index (χ0) is 17.5. The Morgan fingerprint density at radius 3 is 2.62 bits per heavy atom. The summed E-state index contributed by atoms with van der Waals surface area (Å²) in [7, 11) is 0. The maximum absolute atomic E-state index is 11.8. The number of nitrogens with one attached hydrogen (secondary N) is 2. The number of halogens is 2. The van der Waals surface area contributed by atoms with Gasteiger partial charge < -0.3 is 10.4 Å². The van der Waals surface area contributed by atoms with Crippen LogP contribution in [0.4, 0.5) is 5.69 Å². The van der Waals surface area contributed by atoms with Gasteiger partial charge in [-0.25, -0.2) is 5.43 Å². The highest BCUT2D eigenvalue weighted by Crippen LogP contribution is 2.21. The number of amides is 2. The van der Waals surface area contributed by atoms with Gasteiger partial charge in [-0.15, -0.1) is 0 Å². The molecule has 0 spiro atoms. The first-order valence-corrected chi connectivity index (χ1v) is 8.39. The van der Waals surface area contributed by atoms with Gasteiger partial charge in [0.1, 0.15) is 12.2 Å². The summed E-state index contributed by atoms with van der Waals surface area (Å²) in [5, 5.41) is 16.0. The smallest absolute Gasteiger partial charge is 0.249 e. The quantitative estimate of drug-likeness (QED) is 0.367. The molecule has 24 heavy (non-hydrogen) atoms. The molecule has 2 aromatic carbocycles. The van der Waals surface area contributed by atoms with Crippen molar-refractivity contribution in [3.05, 3.63) is 57.0 Å². The molecule has 0 unspecified atom stereocenters. The molecule has 124 valence electrons. The summed E-state index contributed by atoms with van der Waals surface area (Å²) in [6, 6.07) is 11.9. The number of hydrazone groups is 1. The Morgan fingerprint density at radius 2 is 1.88 bits per heavy atom. The van der Waals surface area contributed by atoms with E-state index in [4.69, 9.17) is 0 Å². The molecular weight excluding hydrogens is 442 g/mol. The summed E-state index contributed by atoms with van der Waals surface area (Å²) in [5.41, 5.74) is 3.25. The molecular formula is C16H13Br2N3O3.